The molecule has 0 aliphatic carbocycles. The molecule has 1 saturated heterocycles. The van der Waals surface area contributed by atoms with Crippen LogP contribution >= 0.6 is 11.6 Å². The van der Waals surface area contributed by atoms with Gasteiger partial charge in [0.1, 0.15) is 11.6 Å². The minimum Gasteiger partial charge on any atom is -0.336 e. The molecule has 1 aromatic heterocycles. The van der Waals surface area contributed by atoms with Gasteiger partial charge in [0.05, 0.1) is 5.56 Å². The predicted molar refractivity (Wildman–Crippen MR) is 99.1 cm³/mol. The Hall–Kier alpha value is -2.62. The first-order chi connectivity index (χ1) is 12.5. The summed E-state index contributed by atoms with van der Waals surface area (Å²) in [6.07, 6.45) is 0. The molecule has 26 heavy (non-hydrogen) atoms. The number of rotatable bonds is 3. The van der Waals surface area contributed by atoms with Gasteiger partial charge in [-0.1, -0.05) is 23.7 Å². The van der Waals surface area contributed by atoms with Gasteiger partial charge < -0.3 is 9.88 Å². The lowest BCUT2D eigenvalue weighted by molar-refractivity contribution is 0.0627. The molecule has 2 aromatic rings. The monoisotopic (exact) mass is 370 g/mol. The molecule has 6 nitrogen and oxygen atoms in total. The summed E-state index contributed by atoms with van der Waals surface area (Å²) in [6, 6.07) is 11.0. The summed E-state index contributed by atoms with van der Waals surface area (Å²) in [4.78, 5) is 31.0. The number of carbonyl (C=O) groups is 1. The fraction of sp³-hybridized carbons (Fsp3) is 0.316. The molecule has 0 unspecified atom stereocenters. The van der Waals surface area contributed by atoms with E-state index in [9.17, 15) is 9.59 Å². The Balaban J connectivity index is 1.66. The molecule has 134 valence electrons. The highest BCUT2D eigenvalue weighted by Gasteiger charge is 2.24. The van der Waals surface area contributed by atoms with Crippen LogP contribution in [-0.4, -0.2) is 46.9 Å². The summed E-state index contributed by atoms with van der Waals surface area (Å²) < 4.78 is 0. The fourth-order valence-electron chi connectivity index (χ4n) is 3.10. The van der Waals surface area contributed by atoms with Crippen molar-refractivity contribution in [2.45, 2.75) is 13.5 Å². The van der Waals surface area contributed by atoms with E-state index in [1.165, 1.54) is 6.07 Å². The van der Waals surface area contributed by atoms with E-state index in [2.05, 4.69) is 9.88 Å². The lowest BCUT2D eigenvalue weighted by atomic mass is 10.1. The quantitative estimate of drug-likeness (QED) is 0.897. The highest BCUT2D eigenvalue weighted by molar-refractivity contribution is 6.30. The van der Waals surface area contributed by atoms with Gasteiger partial charge in [0.15, 0.2) is 0 Å². The number of nitrogens with one attached hydrogen (secondary N) is 1. The lowest BCUT2D eigenvalue weighted by Gasteiger charge is -2.35. The Kier molecular flexibility index (Phi) is 5.40. The van der Waals surface area contributed by atoms with Gasteiger partial charge in [0.25, 0.3) is 11.5 Å². The zero-order valence-corrected chi connectivity index (χ0v) is 15.2. The maximum absolute atomic E-state index is 12.8. The van der Waals surface area contributed by atoms with E-state index in [0.29, 0.717) is 24.3 Å². The van der Waals surface area contributed by atoms with E-state index >= 15 is 0 Å². The molecule has 0 saturated carbocycles. The summed E-state index contributed by atoms with van der Waals surface area (Å²) in [5.41, 5.74) is 1.50. The Morgan fingerprint density at radius 3 is 2.65 bits per heavy atom. The molecule has 0 atom stereocenters. The second kappa shape index (κ2) is 7.73. The number of hydrogen-bond donors (Lipinski definition) is 1. The van der Waals surface area contributed by atoms with Gasteiger partial charge in [-0.15, -0.1) is 0 Å². The largest absolute Gasteiger partial charge is 0.336 e. The minimum absolute atomic E-state index is 0.0430. The van der Waals surface area contributed by atoms with Crippen LogP contribution in [0.15, 0.2) is 35.1 Å². The normalized spacial score (nSPS) is 14.9. The standard InChI is InChI=1S/C19H19ClN4O2/c1-13-17(10-15(11-21)18(25)22-13)19(26)24-7-5-23(6-8-24)12-14-3-2-4-16(20)9-14/h2-4,9-10H,5-8,12H2,1H3,(H,22,25). The molecule has 7 heteroatoms. The number of halogens is 1. The second-order valence-electron chi connectivity index (χ2n) is 6.36. The van der Waals surface area contributed by atoms with Crippen molar-refractivity contribution in [3.8, 4) is 6.07 Å². The van der Waals surface area contributed by atoms with Crippen LogP contribution in [0, 0.1) is 18.3 Å². The first-order valence-corrected chi connectivity index (χ1v) is 8.76. The van der Waals surface area contributed by atoms with Gasteiger partial charge in [0, 0.05) is 43.4 Å². The van der Waals surface area contributed by atoms with Crippen LogP contribution < -0.4 is 5.56 Å². The maximum atomic E-state index is 12.8. The first kappa shape index (κ1) is 18.2. The number of aromatic amines is 1. The summed E-state index contributed by atoms with van der Waals surface area (Å²) >= 11 is 6.03. The zero-order valence-electron chi connectivity index (χ0n) is 14.5. The van der Waals surface area contributed by atoms with E-state index in [1.54, 1.807) is 11.8 Å². The summed E-state index contributed by atoms with van der Waals surface area (Å²) in [6.45, 7) is 5.17. The van der Waals surface area contributed by atoms with E-state index in [0.717, 1.165) is 30.2 Å². The van der Waals surface area contributed by atoms with Crippen LogP contribution in [0.3, 0.4) is 0 Å². The molecule has 1 fully saturated rings. The third-order valence-electron chi connectivity index (χ3n) is 4.54. The first-order valence-electron chi connectivity index (χ1n) is 8.38. The lowest BCUT2D eigenvalue weighted by Crippen LogP contribution is -2.48. The molecule has 0 bridgehead atoms. The fourth-order valence-corrected chi connectivity index (χ4v) is 3.31. The van der Waals surface area contributed by atoms with Crippen molar-refractivity contribution >= 4 is 17.5 Å². The van der Waals surface area contributed by atoms with Crippen molar-refractivity contribution < 1.29 is 4.79 Å². The van der Waals surface area contributed by atoms with Gasteiger partial charge in [-0.05, 0) is 30.7 Å². The number of amides is 1. The average molecular weight is 371 g/mol. The Morgan fingerprint density at radius 1 is 1.27 bits per heavy atom. The number of nitrogens with zero attached hydrogens (tertiary/aromatic N) is 3. The molecule has 1 aliphatic rings. The average Bonchev–Trinajstić information content (AvgIpc) is 2.62. The number of aryl methyl sites for hydroxylation is 1. The molecule has 1 aliphatic heterocycles. The number of aromatic nitrogens is 1. The highest BCUT2D eigenvalue weighted by Crippen LogP contribution is 2.15. The van der Waals surface area contributed by atoms with E-state index in [1.807, 2.05) is 30.3 Å². The molecule has 0 spiro atoms. The number of piperazine rings is 1. The highest BCUT2D eigenvalue weighted by atomic mass is 35.5. The minimum atomic E-state index is -0.465. The number of hydrogen-bond acceptors (Lipinski definition) is 4. The second-order valence-corrected chi connectivity index (χ2v) is 6.80. The van der Waals surface area contributed by atoms with Crippen molar-refractivity contribution in [3.63, 3.8) is 0 Å². The summed E-state index contributed by atoms with van der Waals surface area (Å²) in [5, 5.41) is 9.73. The van der Waals surface area contributed by atoms with Crippen LogP contribution in [0.4, 0.5) is 0 Å². The molecule has 3 rings (SSSR count). The Labute approximate surface area is 156 Å². The molecule has 1 aromatic carbocycles. The van der Waals surface area contributed by atoms with Gasteiger partial charge >= 0.3 is 0 Å². The van der Waals surface area contributed by atoms with Crippen molar-refractivity contribution in [2.24, 2.45) is 0 Å². The van der Waals surface area contributed by atoms with Crippen LogP contribution in [-0.2, 0) is 6.54 Å². The predicted octanol–water partition coefficient (Wildman–Crippen LogP) is 2.17. The van der Waals surface area contributed by atoms with Crippen LogP contribution in [0.2, 0.25) is 5.02 Å². The molecule has 1 N–H and O–H groups in total. The van der Waals surface area contributed by atoms with Gasteiger partial charge in [-0.3, -0.25) is 14.5 Å². The molecular weight excluding hydrogens is 352 g/mol. The van der Waals surface area contributed by atoms with Crippen LogP contribution in [0.25, 0.3) is 0 Å². The van der Waals surface area contributed by atoms with E-state index < -0.39 is 5.56 Å². The number of carbonyl (C=O) groups excluding carboxylic acids is 1. The Morgan fingerprint density at radius 2 is 2.00 bits per heavy atom. The molecule has 0 radical (unpaired) electrons. The maximum Gasteiger partial charge on any atom is 0.266 e. The van der Waals surface area contributed by atoms with Crippen molar-refractivity contribution in [2.75, 3.05) is 26.2 Å². The third kappa shape index (κ3) is 3.96. The van der Waals surface area contributed by atoms with Crippen molar-refractivity contribution in [1.29, 1.82) is 5.26 Å². The molecule has 1 amide bonds. The zero-order chi connectivity index (χ0) is 18.7. The number of nitriles is 1. The summed E-state index contributed by atoms with van der Waals surface area (Å²) in [7, 11) is 0. The van der Waals surface area contributed by atoms with E-state index in [-0.39, 0.29) is 11.5 Å². The van der Waals surface area contributed by atoms with Crippen molar-refractivity contribution in [3.05, 3.63) is 68.1 Å². The van der Waals surface area contributed by atoms with E-state index in [4.69, 9.17) is 16.9 Å². The van der Waals surface area contributed by atoms with Gasteiger partial charge in [-0.2, -0.15) is 5.26 Å². The van der Waals surface area contributed by atoms with Crippen LogP contribution in [0.1, 0.15) is 27.2 Å². The number of H-pyrrole nitrogens is 1. The molecule has 2 heterocycles. The third-order valence-corrected chi connectivity index (χ3v) is 4.78. The smallest absolute Gasteiger partial charge is 0.266 e. The number of pyridine rings is 1. The van der Waals surface area contributed by atoms with Crippen molar-refractivity contribution in [1.82, 2.24) is 14.8 Å². The SMILES string of the molecule is Cc1[nH]c(=O)c(C#N)cc1C(=O)N1CCN(Cc2cccc(Cl)c2)CC1. The van der Waals surface area contributed by atoms with Gasteiger partial charge in [0.2, 0.25) is 0 Å². The molecular formula is C19H19ClN4O2. The van der Waals surface area contributed by atoms with Gasteiger partial charge in [-0.25, -0.2) is 0 Å². The number of benzene rings is 1. The van der Waals surface area contributed by atoms with Crippen LogP contribution in [0.5, 0.6) is 0 Å². The Bertz CT molecular complexity index is 924. The topological polar surface area (TPSA) is 80.2 Å². The summed E-state index contributed by atoms with van der Waals surface area (Å²) in [5.74, 6) is -0.155.